The van der Waals surface area contributed by atoms with Crippen molar-refractivity contribution in [1.82, 2.24) is 0 Å². The molecule has 6 aromatic rings. The molecule has 0 saturated heterocycles. The number of allylic oxidation sites excluding steroid dienone is 3. The van der Waals surface area contributed by atoms with Crippen LogP contribution < -0.4 is 0 Å². The number of thiophene rings is 1. The minimum atomic E-state index is 0.913. The highest BCUT2D eigenvalue weighted by atomic mass is 32.1. The van der Waals surface area contributed by atoms with E-state index >= 15 is 0 Å². The van der Waals surface area contributed by atoms with Crippen LogP contribution in [0.15, 0.2) is 101 Å². The summed E-state index contributed by atoms with van der Waals surface area (Å²) in [5.74, 6) is 0. The Morgan fingerprint density at radius 3 is 2.19 bits per heavy atom. The van der Waals surface area contributed by atoms with Gasteiger partial charge in [-0.1, -0.05) is 55.1 Å². The third kappa shape index (κ3) is 2.91. The molecule has 0 aliphatic heterocycles. The summed E-state index contributed by atoms with van der Waals surface area (Å²) in [6.07, 6.45) is 0. The summed E-state index contributed by atoms with van der Waals surface area (Å²) in [5.41, 5.74) is 7.71. The molecule has 32 heavy (non-hydrogen) atoms. The van der Waals surface area contributed by atoms with Gasteiger partial charge in [0.25, 0.3) is 0 Å². The van der Waals surface area contributed by atoms with Crippen molar-refractivity contribution in [2.45, 2.75) is 13.8 Å². The monoisotopic (exact) mass is 430 g/mol. The molecule has 2 heteroatoms. The van der Waals surface area contributed by atoms with Crippen LogP contribution in [0.1, 0.15) is 25.0 Å². The molecule has 0 aliphatic rings. The highest BCUT2D eigenvalue weighted by Gasteiger charge is 2.12. The molecule has 4 aromatic carbocycles. The van der Waals surface area contributed by atoms with Gasteiger partial charge in [-0.3, -0.25) is 0 Å². The Hall–Kier alpha value is -3.62. The fourth-order valence-corrected chi connectivity index (χ4v) is 5.62. The van der Waals surface area contributed by atoms with Crippen LogP contribution in [0.4, 0.5) is 0 Å². The molecule has 0 aliphatic carbocycles. The molecule has 0 bridgehead atoms. The Morgan fingerprint density at radius 2 is 1.31 bits per heavy atom. The van der Waals surface area contributed by atoms with Crippen LogP contribution in [0.5, 0.6) is 0 Å². The number of benzene rings is 4. The van der Waals surface area contributed by atoms with Crippen LogP contribution in [0.2, 0.25) is 0 Å². The van der Waals surface area contributed by atoms with Crippen LogP contribution in [-0.2, 0) is 0 Å². The van der Waals surface area contributed by atoms with E-state index in [2.05, 4.69) is 93.2 Å². The molecule has 0 atom stereocenters. The maximum Gasteiger partial charge on any atom is 0.135 e. The molecule has 0 unspecified atom stereocenters. The van der Waals surface area contributed by atoms with E-state index in [1.54, 1.807) is 0 Å². The maximum absolute atomic E-state index is 5.99. The minimum Gasteiger partial charge on any atom is -0.456 e. The molecule has 6 rings (SSSR count). The van der Waals surface area contributed by atoms with E-state index in [0.717, 1.165) is 33.1 Å². The van der Waals surface area contributed by atoms with Gasteiger partial charge in [-0.15, -0.1) is 11.3 Å². The standard InChI is InChI=1S/C30H22OS/c1-18(19(2)21-12-14-28-25(16-21)23-8-4-6-10-27(23)31-28)20(3)22-13-15-30-26(17-22)24-9-5-7-11-29(24)32-30/h4-17H,2H2,1,3H3/b20-18+. The highest BCUT2D eigenvalue weighted by molar-refractivity contribution is 7.25. The van der Waals surface area contributed by atoms with Crippen molar-refractivity contribution in [3.05, 3.63) is 108 Å². The smallest absolute Gasteiger partial charge is 0.135 e. The zero-order valence-electron chi connectivity index (χ0n) is 18.1. The summed E-state index contributed by atoms with van der Waals surface area (Å²) in [7, 11) is 0. The van der Waals surface area contributed by atoms with E-state index in [9.17, 15) is 0 Å². The predicted octanol–water partition coefficient (Wildman–Crippen LogP) is 9.46. The van der Waals surface area contributed by atoms with Crippen LogP contribution in [-0.4, -0.2) is 0 Å². The minimum absolute atomic E-state index is 0.913. The Balaban J connectivity index is 1.44. The van der Waals surface area contributed by atoms with Crippen molar-refractivity contribution in [3.8, 4) is 0 Å². The van der Waals surface area contributed by atoms with Gasteiger partial charge in [-0.25, -0.2) is 0 Å². The maximum atomic E-state index is 5.99. The largest absolute Gasteiger partial charge is 0.456 e. The third-order valence-corrected chi connectivity index (χ3v) is 7.70. The molecule has 154 valence electrons. The third-order valence-electron chi connectivity index (χ3n) is 6.55. The van der Waals surface area contributed by atoms with E-state index in [4.69, 9.17) is 4.42 Å². The van der Waals surface area contributed by atoms with Crippen molar-refractivity contribution in [2.75, 3.05) is 0 Å². The SMILES string of the molecule is C=C(/C(C)=C(\C)c1ccc2sc3ccccc3c2c1)c1ccc2oc3ccccc3c2c1. The average molecular weight is 431 g/mol. The second-order valence-corrected chi connectivity index (χ2v) is 9.43. The van der Waals surface area contributed by atoms with Crippen molar-refractivity contribution >= 4 is 64.6 Å². The molecule has 0 fully saturated rings. The zero-order valence-corrected chi connectivity index (χ0v) is 18.9. The molecular weight excluding hydrogens is 408 g/mol. The Labute approximate surface area is 190 Å². The fraction of sp³-hybridized carbons (Fsp3) is 0.0667. The Bertz CT molecular complexity index is 1710. The van der Waals surface area contributed by atoms with Crippen molar-refractivity contribution in [3.63, 3.8) is 0 Å². The topological polar surface area (TPSA) is 13.1 Å². The second kappa shape index (κ2) is 7.22. The lowest BCUT2D eigenvalue weighted by molar-refractivity contribution is 0.669. The predicted molar refractivity (Wildman–Crippen MR) is 140 cm³/mol. The molecule has 0 saturated carbocycles. The number of fused-ring (bicyclic) bond motifs is 6. The second-order valence-electron chi connectivity index (χ2n) is 8.35. The van der Waals surface area contributed by atoms with Gasteiger partial charge in [0.05, 0.1) is 0 Å². The van der Waals surface area contributed by atoms with Crippen molar-refractivity contribution < 1.29 is 4.42 Å². The Kier molecular flexibility index (Phi) is 4.31. The molecule has 1 nitrogen and oxygen atoms in total. The lowest BCUT2D eigenvalue weighted by Crippen LogP contribution is -1.90. The summed E-state index contributed by atoms with van der Waals surface area (Å²) in [6.45, 7) is 8.83. The zero-order chi connectivity index (χ0) is 21.8. The number of hydrogen-bond donors (Lipinski definition) is 0. The lowest BCUT2D eigenvalue weighted by atomic mass is 9.92. The summed E-state index contributed by atoms with van der Waals surface area (Å²) < 4.78 is 8.66. The van der Waals surface area contributed by atoms with Gasteiger partial charge in [-0.2, -0.15) is 0 Å². The normalized spacial score (nSPS) is 12.7. The van der Waals surface area contributed by atoms with Gasteiger partial charge < -0.3 is 4.42 Å². The fourth-order valence-electron chi connectivity index (χ4n) is 4.53. The van der Waals surface area contributed by atoms with Gasteiger partial charge >= 0.3 is 0 Å². The van der Waals surface area contributed by atoms with Gasteiger partial charge in [-0.05, 0) is 78.1 Å². The summed E-state index contributed by atoms with van der Waals surface area (Å²) in [4.78, 5) is 0. The van der Waals surface area contributed by atoms with Crippen LogP contribution >= 0.6 is 11.3 Å². The average Bonchev–Trinajstić information content (AvgIpc) is 3.40. The molecule has 0 radical (unpaired) electrons. The summed E-state index contributed by atoms with van der Waals surface area (Å²) >= 11 is 1.85. The van der Waals surface area contributed by atoms with E-state index in [-0.39, 0.29) is 0 Å². The van der Waals surface area contributed by atoms with Gasteiger partial charge in [0.15, 0.2) is 0 Å². The number of furan rings is 1. The van der Waals surface area contributed by atoms with E-state index < -0.39 is 0 Å². The van der Waals surface area contributed by atoms with Crippen molar-refractivity contribution in [1.29, 1.82) is 0 Å². The van der Waals surface area contributed by atoms with Crippen molar-refractivity contribution in [2.24, 2.45) is 0 Å². The molecule has 2 heterocycles. The van der Waals surface area contributed by atoms with Gasteiger partial charge in [0, 0.05) is 30.9 Å². The number of rotatable bonds is 3. The first-order chi connectivity index (χ1) is 15.6. The van der Waals surface area contributed by atoms with Gasteiger partial charge in [0.1, 0.15) is 11.2 Å². The highest BCUT2D eigenvalue weighted by Crippen LogP contribution is 2.37. The summed E-state index contributed by atoms with van der Waals surface area (Å²) in [5, 5.41) is 4.93. The first-order valence-electron chi connectivity index (χ1n) is 10.8. The first kappa shape index (κ1) is 19.1. The number of para-hydroxylation sites is 1. The van der Waals surface area contributed by atoms with Gasteiger partial charge in [0.2, 0.25) is 0 Å². The Morgan fingerprint density at radius 1 is 0.656 bits per heavy atom. The van der Waals surface area contributed by atoms with E-state index in [0.29, 0.717) is 0 Å². The van der Waals surface area contributed by atoms with Crippen LogP contribution in [0.25, 0.3) is 53.3 Å². The van der Waals surface area contributed by atoms with Crippen LogP contribution in [0.3, 0.4) is 0 Å². The molecule has 0 spiro atoms. The lowest BCUT2D eigenvalue weighted by Gasteiger charge is -2.12. The molecule has 0 N–H and O–H groups in total. The number of hydrogen-bond acceptors (Lipinski definition) is 2. The first-order valence-corrected chi connectivity index (χ1v) is 11.6. The molecule has 0 amide bonds. The molecule has 2 aromatic heterocycles. The van der Waals surface area contributed by atoms with E-state index in [1.807, 2.05) is 23.5 Å². The molecular formula is C30H22OS. The van der Waals surface area contributed by atoms with Crippen LogP contribution in [0, 0.1) is 0 Å². The van der Waals surface area contributed by atoms with E-state index in [1.165, 1.54) is 36.9 Å². The summed E-state index contributed by atoms with van der Waals surface area (Å²) in [6, 6.07) is 30.0. The quantitative estimate of drug-likeness (QED) is 0.255.